The summed E-state index contributed by atoms with van der Waals surface area (Å²) in [4.78, 5) is 11.7. The number of unbranched alkanes of at least 4 members (excludes halogenated alkanes) is 3. The molecule has 0 saturated carbocycles. The van der Waals surface area contributed by atoms with E-state index in [2.05, 4.69) is 6.92 Å². The minimum Gasteiger partial charge on any atom is -0.463 e. The van der Waals surface area contributed by atoms with Crippen molar-refractivity contribution in [2.45, 2.75) is 70.4 Å². The van der Waals surface area contributed by atoms with Gasteiger partial charge in [-0.3, -0.25) is 4.79 Å². The molecule has 0 heterocycles. The third-order valence-electron chi connectivity index (χ3n) is 3.61. The minimum absolute atomic E-state index is 0.297. The number of ether oxygens (including phenoxy) is 1. The zero-order valence-electron chi connectivity index (χ0n) is 13.4. The monoisotopic (exact) mass is 322 g/mol. The van der Waals surface area contributed by atoms with E-state index in [0.29, 0.717) is 6.42 Å². The fourth-order valence-electron chi connectivity index (χ4n) is 1.97. The third kappa shape index (κ3) is 8.05. The van der Waals surface area contributed by atoms with E-state index in [0.717, 1.165) is 25.7 Å². The lowest BCUT2D eigenvalue weighted by molar-refractivity contribution is -0.160. The molecule has 0 aromatic heterocycles. The molecule has 7 nitrogen and oxygen atoms in total. The summed E-state index contributed by atoms with van der Waals surface area (Å²) >= 11 is 0. The zero-order valence-corrected chi connectivity index (χ0v) is 13.4. The van der Waals surface area contributed by atoms with Gasteiger partial charge >= 0.3 is 5.97 Å². The highest BCUT2D eigenvalue weighted by Gasteiger charge is 2.31. The molecule has 5 atom stereocenters. The predicted molar refractivity (Wildman–Crippen MR) is 80.0 cm³/mol. The normalized spacial score (nSPS) is 18.3. The number of aliphatic hydroxyl groups is 5. The smallest absolute Gasteiger partial charge is 0.308 e. The number of hydrogen-bond donors (Lipinski definition) is 5. The van der Waals surface area contributed by atoms with Crippen molar-refractivity contribution in [1.82, 2.24) is 0 Å². The van der Waals surface area contributed by atoms with Gasteiger partial charge in [-0.25, -0.2) is 0 Å². The molecule has 7 heteroatoms. The first kappa shape index (κ1) is 21.3. The van der Waals surface area contributed by atoms with Gasteiger partial charge in [0.1, 0.15) is 31.0 Å². The van der Waals surface area contributed by atoms with Crippen molar-refractivity contribution in [3.63, 3.8) is 0 Å². The molecular formula is C15H30O7. The van der Waals surface area contributed by atoms with E-state index >= 15 is 0 Å². The van der Waals surface area contributed by atoms with Crippen LogP contribution in [-0.4, -0.2) is 69.1 Å². The van der Waals surface area contributed by atoms with Gasteiger partial charge in [0, 0.05) is 0 Å². The van der Waals surface area contributed by atoms with E-state index in [1.165, 1.54) is 0 Å². The Morgan fingerprint density at radius 3 is 2.14 bits per heavy atom. The second-order valence-corrected chi connectivity index (χ2v) is 5.68. The molecule has 0 aromatic carbocycles. The summed E-state index contributed by atoms with van der Waals surface area (Å²) < 4.78 is 4.90. The Balaban J connectivity index is 4.06. The van der Waals surface area contributed by atoms with Gasteiger partial charge < -0.3 is 30.3 Å². The van der Waals surface area contributed by atoms with Crippen LogP contribution in [0.2, 0.25) is 0 Å². The molecule has 0 fully saturated rings. The molecule has 0 aliphatic heterocycles. The molecule has 0 saturated heterocycles. The Kier molecular flexibility index (Phi) is 11.4. The number of aliphatic hydroxyl groups excluding tert-OH is 5. The van der Waals surface area contributed by atoms with E-state index in [-0.39, 0.29) is 5.92 Å². The molecule has 0 spiro atoms. The van der Waals surface area contributed by atoms with Crippen LogP contribution in [0.25, 0.3) is 0 Å². The third-order valence-corrected chi connectivity index (χ3v) is 3.61. The Bertz CT molecular complexity index is 298. The fourth-order valence-corrected chi connectivity index (χ4v) is 1.97. The van der Waals surface area contributed by atoms with E-state index in [1.807, 2.05) is 0 Å². The van der Waals surface area contributed by atoms with Crippen LogP contribution in [-0.2, 0) is 9.53 Å². The lowest BCUT2D eigenvalue weighted by Gasteiger charge is -2.25. The molecule has 0 aliphatic rings. The van der Waals surface area contributed by atoms with Crippen molar-refractivity contribution >= 4 is 5.97 Å². The predicted octanol–water partition coefficient (Wildman–Crippen LogP) is -0.428. The number of esters is 1. The molecule has 0 aliphatic carbocycles. The van der Waals surface area contributed by atoms with Crippen LogP contribution < -0.4 is 0 Å². The first-order chi connectivity index (χ1) is 10.3. The highest BCUT2D eigenvalue weighted by Crippen LogP contribution is 2.13. The average molecular weight is 322 g/mol. The van der Waals surface area contributed by atoms with Crippen LogP contribution in [0.3, 0.4) is 0 Å². The molecule has 0 rings (SSSR count). The lowest BCUT2D eigenvalue weighted by atomic mass is 10.0. The Labute approximate surface area is 131 Å². The molecular weight excluding hydrogens is 292 g/mol. The maximum atomic E-state index is 11.7. The van der Waals surface area contributed by atoms with Crippen molar-refractivity contribution in [1.29, 1.82) is 0 Å². The van der Waals surface area contributed by atoms with Crippen molar-refractivity contribution in [3.05, 3.63) is 0 Å². The number of carbonyl (C=O) groups is 1. The summed E-state index contributed by atoms with van der Waals surface area (Å²) in [7, 11) is 0. The molecule has 1 unspecified atom stereocenters. The van der Waals surface area contributed by atoms with Crippen molar-refractivity contribution in [2.24, 2.45) is 5.92 Å². The largest absolute Gasteiger partial charge is 0.463 e. The fraction of sp³-hybridized carbons (Fsp3) is 0.933. The van der Waals surface area contributed by atoms with Crippen LogP contribution in [0.4, 0.5) is 0 Å². The van der Waals surface area contributed by atoms with Crippen molar-refractivity contribution < 1.29 is 35.1 Å². The number of rotatable bonds is 12. The SMILES string of the molecule is CCCCCCC(C)C(=O)OC[C@H](O)[C@@H](O)[C@H](O)[C@H](O)CO. The highest BCUT2D eigenvalue weighted by molar-refractivity contribution is 5.71. The molecule has 132 valence electrons. The van der Waals surface area contributed by atoms with Crippen LogP contribution in [0.5, 0.6) is 0 Å². The molecule has 22 heavy (non-hydrogen) atoms. The first-order valence-electron chi connectivity index (χ1n) is 7.84. The lowest BCUT2D eigenvalue weighted by Crippen LogP contribution is -2.47. The van der Waals surface area contributed by atoms with E-state index in [1.54, 1.807) is 6.92 Å². The van der Waals surface area contributed by atoms with Gasteiger partial charge in [-0.1, -0.05) is 39.5 Å². The average Bonchev–Trinajstić information content (AvgIpc) is 2.53. The molecule has 0 bridgehead atoms. The van der Waals surface area contributed by atoms with Gasteiger partial charge in [-0.05, 0) is 6.42 Å². The quantitative estimate of drug-likeness (QED) is 0.244. The standard InChI is InChI=1S/C15H30O7/c1-3-4-5-6-7-10(2)15(21)22-9-12(18)14(20)13(19)11(17)8-16/h10-14,16-20H,3-9H2,1-2H3/t10?,11-,12+,13-,14-/m1/s1. The maximum Gasteiger partial charge on any atom is 0.308 e. The van der Waals surface area contributed by atoms with Gasteiger partial charge in [0.05, 0.1) is 12.5 Å². The second kappa shape index (κ2) is 11.8. The summed E-state index contributed by atoms with van der Waals surface area (Å²) in [6.45, 7) is 2.61. The van der Waals surface area contributed by atoms with Crippen LogP contribution in [0, 0.1) is 5.92 Å². The van der Waals surface area contributed by atoms with Crippen LogP contribution in [0.15, 0.2) is 0 Å². The summed E-state index contributed by atoms with van der Waals surface area (Å²) in [5, 5.41) is 46.5. The molecule has 0 radical (unpaired) electrons. The summed E-state index contributed by atoms with van der Waals surface area (Å²) in [6, 6.07) is 0. The van der Waals surface area contributed by atoms with Crippen molar-refractivity contribution in [2.75, 3.05) is 13.2 Å². The summed E-state index contributed by atoms with van der Waals surface area (Å²) in [5.74, 6) is -0.769. The van der Waals surface area contributed by atoms with Gasteiger partial charge in [-0.2, -0.15) is 0 Å². The highest BCUT2D eigenvalue weighted by atomic mass is 16.5. The first-order valence-corrected chi connectivity index (χ1v) is 7.84. The minimum atomic E-state index is -1.72. The zero-order chi connectivity index (χ0) is 17.1. The van der Waals surface area contributed by atoms with E-state index in [9.17, 15) is 25.2 Å². The van der Waals surface area contributed by atoms with Gasteiger partial charge in [0.25, 0.3) is 0 Å². The Morgan fingerprint density at radius 1 is 1.00 bits per heavy atom. The van der Waals surface area contributed by atoms with Crippen LogP contribution >= 0.6 is 0 Å². The van der Waals surface area contributed by atoms with Gasteiger partial charge in [0.2, 0.25) is 0 Å². The van der Waals surface area contributed by atoms with Gasteiger partial charge in [-0.15, -0.1) is 0 Å². The number of carbonyl (C=O) groups excluding carboxylic acids is 1. The molecule has 5 N–H and O–H groups in total. The number of hydrogen-bond acceptors (Lipinski definition) is 7. The van der Waals surface area contributed by atoms with Crippen LogP contribution in [0.1, 0.15) is 46.0 Å². The Morgan fingerprint density at radius 2 is 1.59 bits per heavy atom. The Hall–Kier alpha value is -0.730. The second-order valence-electron chi connectivity index (χ2n) is 5.68. The molecule has 0 aromatic rings. The topological polar surface area (TPSA) is 127 Å². The molecule has 0 amide bonds. The maximum absolute atomic E-state index is 11.7. The summed E-state index contributed by atoms with van der Waals surface area (Å²) in [5.41, 5.74) is 0. The van der Waals surface area contributed by atoms with E-state index in [4.69, 9.17) is 9.84 Å². The van der Waals surface area contributed by atoms with Crippen molar-refractivity contribution in [3.8, 4) is 0 Å². The van der Waals surface area contributed by atoms with Gasteiger partial charge in [0.15, 0.2) is 0 Å². The van der Waals surface area contributed by atoms with E-state index < -0.39 is 43.6 Å². The summed E-state index contributed by atoms with van der Waals surface area (Å²) in [6.07, 6.45) is -1.62.